The molecule has 0 aliphatic rings. The van der Waals surface area contributed by atoms with Gasteiger partial charge in [0.05, 0.1) is 12.2 Å². The van der Waals surface area contributed by atoms with Crippen LogP contribution in [-0.2, 0) is 15.7 Å². The third kappa shape index (κ3) is 3.61. The predicted molar refractivity (Wildman–Crippen MR) is 59.0 cm³/mol. The highest BCUT2D eigenvalue weighted by atomic mass is 19.4. The number of aromatic nitrogens is 1. The van der Waals surface area contributed by atoms with Gasteiger partial charge in [0, 0.05) is 6.20 Å². The molecule has 0 saturated carbocycles. The van der Waals surface area contributed by atoms with E-state index < -0.39 is 23.8 Å². The van der Waals surface area contributed by atoms with Gasteiger partial charge in [0.2, 0.25) is 0 Å². The topological polar surface area (TPSA) is 51.2 Å². The molecule has 4 nitrogen and oxygen atoms in total. The molecule has 1 unspecified atom stereocenters. The van der Waals surface area contributed by atoms with E-state index in [0.29, 0.717) is 0 Å². The van der Waals surface area contributed by atoms with E-state index in [1.54, 1.807) is 6.92 Å². The Hall–Kier alpha value is -1.79. The van der Waals surface area contributed by atoms with Crippen molar-refractivity contribution in [2.45, 2.75) is 26.1 Å². The zero-order valence-electron chi connectivity index (χ0n) is 9.91. The molecule has 0 fully saturated rings. The lowest BCUT2D eigenvalue weighted by Gasteiger charge is -2.17. The number of hydrogen-bond donors (Lipinski definition) is 1. The number of nitrogens with zero attached hydrogens (tertiary/aromatic N) is 1. The van der Waals surface area contributed by atoms with Crippen molar-refractivity contribution in [2.24, 2.45) is 0 Å². The summed E-state index contributed by atoms with van der Waals surface area (Å²) in [6.45, 7) is 3.19. The maximum atomic E-state index is 12.7. The van der Waals surface area contributed by atoms with Gasteiger partial charge in [-0.25, -0.2) is 9.78 Å². The Morgan fingerprint density at radius 3 is 2.78 bits per heavy atom. The number of pyridine rings is 1. The summed E-state index contributed by atoms with van der Waals surface area (Å²) in [7, 11) is 0. The van der Waals surface area contributed by atoms with Crippen molar-refractivity contribution in [1.82, 2.24) is 4.98 Å². The highest BCUT2D eigenvalue weighted by Crippen LogP contribution is 2.33. The molecule has 1 aromatic rings. The van der Waals surface area contributed by atoms with E-state index in [0.717, 1.165) is 6.07 Å². The summed E-state index contributed by atoms with van der Waals surface area (Å²) < 4.78 is 42.6. The molecule has 0 saturated heterocycles. The normalized spacial score (nSPS) is 12.9. The van der Waals surface area contributed by atoms with Crippen molar-refractivity contribution in [3.05, 3.63) is 23.9 Å². The number of anilines is 1. The van der Waals surface area contributed by atoms with Crippen LogP contribution >= 0.6 is 0 Å². The number of esters is 1. The molecule has 1 aromatic heterocycles. The van der Waals surface area contributed by atoms with Gasteiger partial charge in [0.15, 0.2) is 0 Å². The van der Waals surface area contributed by atoms with Crippen LogP contribution in [0.3, 0.4) is 0 Å². The first-order chi connectivity index (χ1) is 8.36. The average molecular weight is 262 g/mol. The molecule has 0 amide bonds. The van der Waals surface area contributed by atoms with Crippen LogP contribution in [0.15, 0.2) is 18.3 Å². The highest BCUT2D eigenvalue weighted by molar-refractivity contribution is 5.78. The molecule has 1 heterocycles. The second-order valence-electron chi connectivity index (χ2n) is 3.52. The number of rotatable bonds is 4. The maximum absolute atomic E-state index is 12.7. The summed E-state index contributed by atoms with van der Waals surface area (Å²) in [6.07, 6.45) is -3.31. The zero-order chi connectivity index (χ0) is 13.8. The monoisotopic (exact) mass is 262 g/mol. The fourth-order valence-electron chi connectivity index (χ4n) is 1.28. The molecule has 0 radical (unpaired) electrons. The van der Waals surface area contributed by atoms with Gasteiger partial charge in [-0.3, -0.25) is 0 Å². The van der Waals surface area contributed by atoms with Crippen LogP contribution in [0.4, 0.5) is 19.0 Å². The minimum absolute atomic E-state index is 0.166. The van der Waals surface area contributed by atoms with Crippen LogP contribution in [0.2, 0.25) is 0 Å². The van der Waals surface area contributed by atoms with E-state index in [4.69, 9.17) is 4.74 Å². The molecule has 0 aromatic carbocycles. The minimum Gasteiger partial charge on any atom is -0.464 e. The third-order valence-corrected chi connectivity index (χ3v) is 2.11. The van der Waals surface area contributed by atoms with Crippen LogP contribution in [0.1, 0.15) is 19.4 Å². The molecular weight excluding hydrogens is 249 g/mol. The average Bonchev–Trinajstić information content (AvgIpc) is 2.28. The third-order valence-electron chi connectivity index (χ3n) is 2.11. The van der Waals surface area contributed by atoms with Gasteiger partial charge in [-0.05, 0) is 26.0 Å². The highest BCUT2D eigenvalue weighted by Gasteiger charge is 2.34. The van der Waals surface area contributed by atoms with E-state index in [-0.39, 0.29) is 12.4 Å². The van der Waals surface area contributed by atoms with E-state index in [1.165, 1.54) is 19.2 Å². The lowest BCUT2D eigenvalue weighted by molar-refractivity contribution is -0.144. The quantitative estimate of drug-likeness (QED) is 0.847. The Morgan fingerprint density at radius 1 is 1.56 bits per heavy atom. The zero-order valence-corrected chi connectivity index (χ0v) is 9.91. The molecular formula is C11H13F3N2O2. The van der Waals surface area contributed by atoms with Crippen molar-refractivity contribution in [3.8, 4) is 0 Å². The number of alkyl halides is 3. The van der Waals surface area contributed by atoms with Crippen molar-refractivity contribution in [3.63, 3.8) is 0 Å². The molecule has 0 aliphatic heterocycles. The van der Waals surface area contributed by atoms with Crippen LogP contribution in [0.25, 0.3) is 0 Å². The molecule has 18 heavy (non-hydrogen) atoms. The molecule has 0 spiro atoms. The lowest BCUT2D eigenvalue weighted by atomic mass is 10.2. The van der Waals surface area contributed by atoms with E-state index in [1.807, 2.05) is 0 Å². The smallest absolute Gasteiger partial charge is 0.419 e. The van der Waals surface area contributed by atoms with Gasteiger partial charge in [0.25, 0.3) is 0 Å². The van der Waals surface area contributed by atoms with E-state index in [9.17, 15) is 18.0 Å². The maximum Gasteiger partial charge on any atom is 0.419 e. The standard InChI is InChI=1S/C11H13F3N2O2/c1-3-18-10(17)7(2)16-9-8(11(12,13)14)5-4-6-15-9/h4-7H,3H2,1-2H3,(H,15,16). The Labute approximate surface area is 102 Å². The fourth-order valence-corrected chi connectivity index (χ4v) is 1.28. The van der Waals surface area contributed by atoms with E-state index >= 15 is 0 Å². The predicted octanol–water partition coefficient (Wildman–Crippen LogP) is 2.46. The molecule has 1 atom stereocenters. The lowest BCUT2D eigenvalue weighted by Crippen LogP contribution is -2.29. The number of ether oxygens (including phenoxy) is 1. The van der Waals surface area contributed by atoms with Crippen molar-refractivity contribution in [1.29, 1.82) is 0 Å². The number of carbonyl (C=O) groups is 1. The molecule has 0 bridgehead atoms. The second kappa shape index (κ2) is 5.70. The molecule has 7 heteroatoms. The first kappa shape index (κ1) is 14.3. The van der Waals surface area contributed by atoms with Crippen molar-refractivity contribution >= 4 is 11.8 Å². The van der Waals surface area contributed by atoms with Gasteiger partial charge >= 0.3 is 12.1 Å². The molecule has 1 rings (SSSR count). The Morgan fingerprint density at radius 2 is 2.22 bits per heavy atom. The summed E-state index contributed by atoms with van der Waals surface area (Å²) in [5, 5.41) is 2.40. The fraction of sp³-hybridized carbons (Fsp3) is 0.455. The van der Waals surface area contributed by atoms with Gasteiger partial charge in [-0.15, -0.1) is 0 Å². The first-order valence-electron chi connectivity index (χ1n) is 5.31. The SMILES string of the molecule is CCOC(=O)C(C)Nc1ncccc1C(F)(F)F. The molecule has 0 aliphatic carbocycles. The van der Waals surface area contributed by atoms with Gasteiger partial charge in [0.1, 0.15) is 11.9 Å². The Kier molecular flexibility index (Phi) is 4.52. The number of halogens is 3. The Balaban J connectivity index is 2.88. The largest absolute Gasteiger partial charge is 0.464 e. The summed E-state index contributed by atoms with van der Waals surface area (Å²) in [5.74, 6) is -1.01. The van der Waals surface area contributed by atoms with Gasteiger partial charge in [-0.1, -0.05) is 0 Å². The van der Waals surface area contributed by atoms with E-state index in [2.05, 4.69) is 10.3 Å². The number of nitrogens with one attached hydrogen (secondary N) is 1. The number of hydrogen-bond acceptors (Lipinski definition) is 4. The van der Waals surface area contributed by atoms with Crippen LogP contribution in [0.5, 0.6) is 0 Å². The number of carbonyl (C=O) groups excluding carboxylic acids is 1. The minimum atomic E-state index is -4.52. The van der Waals surface area contributed by atoms with Gasteiger partial charge in [-0.2, -0.15) is 13.2 Å². The van der Waals surface area contributed by atoms with Crippen LogP contribution < -0.4 is 5.32 Å². The van der Waals surface area contributed by atoms with Crippen LogP contribution in [-0.4, -0.2) is 23.6 Å². The summed E-state index contributed by atoms with van der Waals surface area (Å²) in [4.78, 5) is 14.9. The van der Waals surface area contributed by atoms with Crippen molar-refractivity contribution < 1.29 is 22.7 Å². The Bertz CT molecular complexity index is 421. The summed E-state index contributed by atoms with van der Waals surface area (Å²) in [6, 6.07) is 1.18. The second-order valence-corrected chi connectivity index (χ2v) is 3.52. The van der Waals surface area contributed by atoms with Crippen molar-refractivity contribution in [2.75, 3.05) is 11.9 Å². The first-order valence-corrected chi connectivity index (χ1v) is 5.31. The molecule has 100 valence electrons. The summed E-state index contributed by atoms with van der Waals surface area (Å²) >= 11 is 0. The van der Waals surface area contributed by atoms with Crippen LogP contribution in [0, 0.1) is 0 Å². The summed E-state index contributed by atoms with van der Waals surface area (Å²) in [5.41, 5.74) is -0.916. The van der Waals surface area contributed by atoms with Gasteiger partial charge < -0.3 is 10.1 Å². The molecule has 1 N–H and O–H groups in total.